The number of anilines is 1. The first-order chi connectivity index (χ1) is 16.5. The number of hydrogen-bond acceptors (Lipinski definition) is 6. The molecular formula is C26H27N5O3. The number of benzene rings is 2. The number of imidazole rings is 1. The third-order valence-electron chi connectivity index (χ3n) is 5.34. The quantitative estimate of drug-likeness (QED) is 0.334. The predicted molar refractivity (Wildman–Crippen MR) is 130 cm³/mol. The molecule has 0 saturated carbocycles. The highest BCUT2D eigenvalue weighted by molar-refractivity contribution is 6.04. The van der Waals surface area contributed by atoms with Gasteiger partial charge in [-0.3, -0.25) is 9.36 Å². The predicted octanol–water partition coefficient (Wildman–Crippen LogP) is 5.50. The Kier molecular flexibility index (Phi) is 7.17. The monoisotopic (exact) mass is 457 g/mol. The number of unbranched alkanes of at least 4 members (excludes halogenated alkanes) is 1. The Morgan fingerprint density at radius 3 is 2.38 bits per heavy atom. The van der Waals surface area contributed by atoms with E-state index in [4.69, 9.17) is 9.47 Å². The largest absolute Gasteiger partial charge is 0.494 e. The molecule has 8 nitrogen and oxygen atoms in total. The van der Waals surface area contributed by atoms with Crippen molar-refractivity contribution < 1.29 is 14.3 Å². The highest BCUT2D eigenvalue weighted by Crippen LogP contribution is 2.23. The Morgan fingerprint density at radius 1 is 0.971 bits per heavy atom. The zero-order chi connectivity index (χ0) is 23.9. The molecule has 4 aromatic rings. The summed E-state index contributed by atoms with van der Waals surface area (Å²) in [5.74, 6) is 2.25. The molecule has 1 amide bonds. The SMILES string of the molecule is CCCCOc1ccc(C(=O)Nc2ccc(Oc3cc(-n4cnc(C)c4C)ncn3)cc2)cc1. The molecule has 0 aliphatic carbocycles. The van der Waals surface area contributed by atoms with Crippen LogP contribution in [-0.2, 0) is 0 Å². The Morgan fingerprint density at radius 2 is 1.71 bits per heavy atom. The molecule has 0 aliphatic rings. The lowest BCUT2D eigenvalue weighted by atomic mass is 10.2. The number of hydrogen-bond donors (Lipinski definition) is 1. The van der Waals surface area contributed by atoms with Gasteiger partial charge in [-0.1, -0.05) is 13.3 Å². The second kappa shape index (κ2) is 10.6. The van der Waals surface area contributed by atoms with Gasteiger partial charge in [-0.25, -0.2) is 15.0 Å². The van der Waals surface area contributed by atoms with Crippen LogP contribution in [0.15, 0.2) is 67.3 Å². The van der Waals surface area contributed by atoms with Crippen LogP contribution in [0.5, 0.6) is 17.4 Å². The Labute approximate surface area is 198 Å². The third-order valence-corrected chi connectivity index (χ3v) is 5.34. The standard InChI is InChI=1S/C26H27N5O3/c1-4-5-14-33-22-10-6-20(7-11-22)26(32)30-21-8-12-23(13-9-21)34-25-15-24(27-16-28-25)31-17-29-18(2)19(31)3/h6-13,15-17H,4-5,14H2,1-3H3,(H,30,32). The minimum atomic E-state index is -0.194. The molecule has 2 heterocycles. The summed E-state index contributed by atoms with van der Waals surface area (Å²) in [6.45, 7) is 6.72. The van der Waals surface area contributed by atoms with E-state index in [2.05, 4.69) is 27.2 Å². The molecule has 0 unspecified atom stereocenters. The van der Waals surface area contributed by atoms with Gasteiger partial charge in [0.15, 0.2) is 0 Å². The molecular weight excluding hydrogens is 430 g/mol. The van der Waals surface area contributed by atoms with Crippen LogP contribution in [0.1, 0.15) is 41.5 Å². The minimum absolute atomic E-state index is 0.194. The fourth-order valence-electron chi connectivity index (χ4n) is 3.21. The molecule has 0 saturated heterocycles. The highest BCUT2D eigenvalue weighted by Gasteiger charge is 2.09. The first-order valence-corrected chi connectivity index (χ1v) is 11.2. The number of aromatic nitrogens is 4. The minimum Gasteiger partial charge on any atom is -0.494 e. The van der Waals surface area contributed by atoms with Gasteiger partial charge in [0.05, 0.1) is 12.3 Å². The lowest BCUT2D eigenvalue weighted by molar-refractivity contribution is 0.102. The number of ether oxygens (including phenoxy) is 2. The average Bonchev–Trinajstić information content (AvgIpc) is 3.19. The third kappa shape index (κ3) is 5.58. The molecule has 0 spiro atoms. The Balaban J connectivity index is 1.37. The molecule has 174 valence electrons. The molecule has 0 atom stereocenters. The molecule has 4 rings (SSSR count). The van der Waals surface area contributed by atoms with Crippen LogP contribution in [0, 0.1) is 13.8 Å². The smallest absolute Gasteiger partial charge is 0.255 e. The molecule has 8 heteroatoms. The lowest BCUT2D eigenvalue weighted by Gasteiger charge is -2.10. The first kappa shape index (κ1) is 23.0. The van der Waals surface area contributed by atoms with Crippen LogP contribution in [0.4, 0.5) is 5.69 Å². The van der Waals surface area contributed by atoms with Gasteiger partial charge >= 0.3 is 0 Å². The molecule has 2 aromatic heterocycles. The topological polar surface area (TPSA) is 91.2 Å². The highest BCUT2D eigenvalue weighted by atomic mass is 16.5. The van der Waals surface area contributed by atoms with Gasteiger partial charge in [0, 0.05) is 23.0 Å². The first-order valence-electron chi connectivity index (χ1n) is 11.2. The summed E-state index contributed by atoms with van der Waals surface area (Å²) in [7, 11) is 0. The van der Waals surface area contributed by atoms with E-state index < -0.39 is 0 Å². The number of carbonyl (C=O) groups excluding carboxylic acids is 1. The van der Waals surface area contributed by atoms with Crippen LogP contribution >= 0.6 is 0 Å². The fourth-order valence-corrected chi connectivity index (χ4v) is 3.21. The lowest BCUT2D eigenvalue weighted by Crippen LogP contribution is -2.11. The average molecular weight is 458 g/mol. The van der Waals surface area contributed by atoms with E-state index in [1.54, 1.807) is 48.8 Å². The molecule has 0 bridgehead atoms. The van der Waals surface area contributed by atoms with Crippen molar-refractivity contribution in [2.75, 3.05) is 11.9 Å². The van der Waals surface area contributed by atoms with Crippen LogP contribution < -0.4 is 14.8 Å². The molecule has 2 aromatic carbocycles. The van der Waals surface area contributed by atoms with E-state index in [1.807, 2.05) is 30.5 Å². The van der Waals surface area contributed by atoms with Crippen molar-refractivity contribution in [3.05, 3.63) is 84.2 Å². The molecule has 1 N–H and O–H groups in total. The van der Waals surface area contributed by atoms with E-state index >= 15 is 0 Å². The van der Waals surface area contributed by atoms with E-state index in [0.717, 1.165) is 30.0 Å². The zero-order valence-corrected chi connectivity index (χ0v) is 19.5. The maximum absolute atomic E-state index is 12.6. The number of carbonyl (C=O) groups is 1. The van der Waals surface area contributed by atoms with Gasteiger partial charge in [0.2, 0.25) is 5.88 Å². The number of nitrogens with one attached hydrogen (secondary N) is 1. The molecule has 0 aliphatic heterocycles. The van der Waals surface area contributed by atoms with Crippen molar-refractivity contribution in [1.29, 1.82) is 0 Å². The summed E-state index contributed by atoms with van der Waals surface area (Å²) >= 11 is 0. The van der Waals surface area contributed by atoms with E-state index in [0.29, 0.717) is 35.3 Å². The van der Waals surface area contributed by atoms with Crippen LogP contribution in [0.3, 0.4) is 0 Å². The number of rotatable bonds is 9. The fraction of sp³-hybridized carbons (Fsp3) is 0.231. The number of aryl methyl sites for hydroxylation is 1. The van der Waals surface area contributed by atoms with Gasteiger partial charge in [-0.2, -0.15) is 0 Å². The van der Waals surface area contributed by atoms with Gasteiger partial charge in [-0.05, 0) is 68.8 Å². The number of amides is 1. The molecule has 0 radical (unpaired) electrons. The van der Waals surface area contributed by atoms with Gasteiger partial charge < -0.3 is 14.8 Å². The number of nitrogens with zero attached hydrogens (tertiary/aromatic N) is 4. The van der Waals surface area contributed by atoms with Crippen LogP contribution in [0.25, 0.3) is 5.82 Å². The van der Waals surface area contributed by atoms with Crippen LogP contribution in [-0.4, -0.2) is 32.0 Å². The van der Waals surface area contributed by atoms with Gasteiger partial charge in [0.1, 0.15) is 30.0 Å². The van der Waals surface area contributed by atoms with E-state index in [-0.39, 0.29) is 5.91 Å². The maximum atomic E-state index is 12.6. The second-order valence-electron chi connectivity index (χ2n) is 7.81. The van der Waals surface area contributed by atoms with Gasteiger partial charge in [0.25, 0.3) is 5.91 Å². The zero-order valence-electron chi connectivity index (χ0n) is 19.5. The summed E-state index contributed by atoms with van der Waals surface area (Å²) < 4.78 is 13.4. The normalized spacial score (nSPS) is 10.7. The molecule has 34 heavy (non-hydrogen) atoms. The van der Waals surface area contributed by atoms with Crippen molar-refractivity contribution in [3.63, 3.8) is 0 Å². The van der Waals surface area contributed by atoms with Crippen molar-refractivity contribution in [2.45, 2.75) is 33.6 Å². The van der Waals surface area contributed by atoms with Gasteiger partial charge in [-0.15, -0.1) is 0 Å². The van der Waals surface area contributed by atoms with Crippen molar-refractivity contribution in [1.82, 2.24) is 19.5 Å². The summed E-state index contributed by atoms with van der Waals surface area (Å²) in [4.78, 5) is 25.3. The van der Waals surface area contributed by atoms with Crippen LogP contribution in [0.2, 0.25) is 0 Å². The molecule has 0 fully saturated rings. The summed E-state index contributed by atoms with van der Waals surface area (Å²) in [6.07, 6.45) is 5.26. The summed E-state index contributed by atoms with van der Waals surface area (Å²) in [5.41, 5.74) is 3.16. The van der Waals surface area contributed by atoms with E-state index in [9.17, 15) is 4.79 Å². The summed E-state index contributed by atoms with van der Waals surface area (Å²) in [6, 6.07) is 16.0. The van der Waals surface area contributed by atoms with E-state index in [1.165, 1.54) is 6.33 Å². The maximum Gasteiger partial charge on any atom is 0.255 e. The Bertz CT molecular complexity index is 1250. The van der Waals surface area contributed by atoms with Crippen molar-refractivity contribution in [2.24, 2.45) is 0 Å². The van der Waals surface area contributed by atoms with Crippen molar-refractivity contribution in [3.8, 4) is 23.2 Å². The summed E-state index contributed by atoms with van der Waals surface area (Å²) in [5, 5.41) is 2.89. The Hall–Kier alpha value is -4.20. The second-order valence-corrected chi connectivity index (χ2v) is 7.81. The van der Waals surface area contributed by atoms with Crippen molar-refractivity contribution >= 4 is 11.6 Å².